The average molecular weight is 1350 g/mol. The molecular weight excluding hydrogens is 1290 g/mol. The molecule has 22 rings (SSSR count). The summed E-state index contributed by atoms with van der Waals surface area (Å²) >= 11 is 0. The highest BCUT2D eigenvalue weighted by molar-refractivity contribution is 6.24. The Labute approximate surface area is 609 Å². The lowest BCUT2D eigenvalue weighted by molar-refractivity contribution is 1.07. The van der Waals surface area contributed by atoms with Crippen molar-refractivity contribution in [1.29, 1.82) is 0 Å². The minimum atomic E-state index is 0.582. The van der Waals surface area contributed by atoms with Crippen LogP contribution in [-0.4, -0.2) is 39.0 Å². The summed E-state index contributed by atoms with van der Waals surface area (Å²) in [6, 6.07) is 122. The Hall–Kier alpha value is -14.3. The summed E-state index contributed by atoms with van der Waals surface area (Å²) in [7, 11) is 0. The van der Waals surface area contributed by atoms with E-state index >= 15 is 0 Å². The summed E-state index contributed by atoms with van der Waals surface area (Å²) < 4.78 is 4.76. The highest BCUT2D eigenvalue weighted by Gasteiger charge is 2.30. The third-order valence-electron chi connectivity index (χ3n) is 21.8. The summed E-state index contributed by atoms with van der Waals surface area (Å²) in [5.41, 5.74) is 26.7. The van der Waals surface area contributed by atoms with Crippen LogP contribution in [0, 0.1) is 0 Å². The third-order valence-corrected chi connectivity index (χ3v) is 21.8. The van der Waals surface area contributed by atoms with Crippen molar-refractivity contribution in [2.75, 3.05) is 0 Å². The molecule has 2 aliphatic rings. The molecule has 0 atom stereocenters. The summed E-state index contributed by atoms with van der Waals surface area (Å²) in [6.07, 6.45) is 4.69. The predicted octanol–water partition coefficient (Wildman–Crippen LogP) is 24.9. The van der Waals surface area contributed by atoms with Crippen molar-refractivity contribution in [2.45, 2.75) is 0 Å². The van der Waals surface area contributed by atoms with Crippen molar-refractivity contribution in [2.24, 2.45) is 0 Å². The van der Waals surface area contributed by atoms with Gasteiger partial charge in [-0.05, 0) is 148 Å². The van der Waals surface area contributed by atoms with Crippen LogP contribution in [0.5, 0.6) is 0 Å². The number of hydrogen-bond acceptors (Lipinski definition) is 6. The van der Waals surface area contributed by atoms with Crippen LogP contribution < -0.4 is 0 Å². The molecule has 0 saturated heterocycles. The number of fused-ring (bicyclic) bond motifs is 16. The van der Waals surface area contributed by atoms with E-state index in [-0.39, 0.29) is 0 Å². The molecule has 0 aliphatic heterocycles. The second kappa shape index (κ2) is 23.6. The molecule has 0 unspecified atom stereocenters. The fourth-order valence-corrected chi connectivity index (χ4v) is 16.8. The van der Waals surface area contributed by atoms with Crippen molar-refractivity contribution < 1.29 is 0 Å². The first kappa shape index (κ1) is 59.4. The zero-order chi connectivity index (χ0) is 69.5. The molecule has 0 bridgehead atoms. The van der Waals surface area contributed by atoms with Gasteiger partial charge in [-0.2, -0.15) is 0 Å². The molecule has 16 aromatic carbocycles. The smallest absolute Gasteiger partial charge is 0.164 e. The van der Waals surface area contributed by atoms with Gasteiger partial charge in [-0.25, -0.2) is 29.9 Å². The normalized spacial score (nSPS) is 12.0. The molecule has 4 heterocycles. The minimum absolute atomic E-state index is 0.582. The molecule has 490 valence electrons. The lowest BCUT2D eigenvalue weighted by Gasteiger charge is -2.16. The Bertz CT molecular complexity index is 7050. The zero-order valence-electron chi connectivity index (χ0n) is 57.1. The molecular formula is C98H58N8. The Balaban J connectivity index is 0.611. The van der Waals surface area contributed by atoms with Crippen molar-refractivity contribution >= 4 is 64.9 Å². The summed E-state index contributed by atoms with van der Waals surface area (Å²) in [5.74, 6) is 3.54. The highest BCUT2D eigenvalue weighted by Crippen LogP contribution is 2.54. The molecule has 8 heteroatoms. The van der Waals surface area contributed by atoms with Gasteiger partial charge in [0.25, 0.3) is 0 Å². The first-order valence-electron chi connectivity index (χ1n) is 36.0. The van der Waals surface area contributed by atoms with Crippen molar-refractivity contribution in [3.05, 3.63) is 352 Å². The summed E-state index contributed by atoms with van der Waals surface area (Å²) in [5, 5.41) is 11.8. The van der Waals surface area contributed by atoms with E-state index in [9.17, 15) is 0 Å². The van der Waals surface area contributed by atoms with Gasteiger partial charge in [-0.3, -0.25) is 0 Å². The van der Waals surface area contributed by atoms with Crippen molar-refractivity contribution in [3.63, 3.8) is 0 Å². The van der Waals surface area contributed by atoms with Crippen LogP contribution in [0.3, 0.4) is 0 Å². The summed E-state index contributed by atoms with van der Waals surface area (Å²) in [6.45, 7) is 0. The lowest BCUT2D eigenvalue weighted by Crippen LogP contribution is -2.01. The van der Waals surface area contributed by atoms with Gasteiger partial charge in [0.15, 0.2) is 34.9 Å². The van der Waals surface area contributed by atoms with E-state index in [0.29, 0.717) is 34.9 Å². The van der Waals surface area contributed by atoms with Gasteiger partial charge in [0.2, 0.25) is 0 Å². The number of hydrogen-bond donors (Lipinski definition) is 0. The largest absolute Gasteiger partial charge is 0.316 e. The number of benzene rings is 16. The quantitative estimate of drug-likeness (QED) is 0.143. The maximum atomic E-state index is 5.36. The van der Waals surface area contributed by atoms with Gasteiger partial charge < -0.3 is 9.13 Å². The zero-order valence-corrected chi connectivity index (χ0v) is 57.1. The van der Waals surface area contributed by atoms with Gasteiger partial charge in [0.05, 0.1) is 16.7 Å². The molecule has 2 aliphatic carbocycles. The van der Waals surface area contributed by atoms with Gasteiger partial charge in [-0.1, -0.05) is 285 Å². The van der Waals surface area contributed by atoms with Crippen LogP contribution >= 0.6 is 0 Å². The summed E-state index contributed by atoms with van der Waals surface area (Å²) in [4.78, 5) is 31.6. The number of aromatic nitrogens is 8. The molecule has 0 N–H and O–H groups in total. The standard InChI is InChI=1S/C98H58N8/c1-2-21-62(22-3-1)93-99-96(104-98(103-93)83-52-53-86(80-35-17-14-34-79(80)83)106-58-85-78-33-13-11-29-74(78)76-31-16-19-37-82(76)90-72-27-9-7-25-68(72)56-88(106)92(85)90)64-45-40-61(41-46-64)60-38-43-63(44-39-60)94-100-95(102-97(101-94)69-47-42-59-20-4-5-23-66(59)54-69)65-48-50-70(51-49-65)105-57-84-77-32-12-10-28-73(77)75-30-15-18-36-81(75)89-71-26-8-6-24-67(71)55-87(105)91(84)89/h1-58H. The molecule has 8 nitrogen and oxygen atoms in total. The second-order valence-corrected chi connectivity index (χ2v) is 27.7. The van der Waals surface area contributed by atoms with Crippen LogP contribution in [0.4, 0.5) is 0 Å². The highest BCUT2D eigenvalue weighted by atomic mass is 15.0. The second-order valence-electron chi connectivity index (χ2n) is 27.7. The lowest BCUT2D eigenvalue weighted by atomic mass is 9.91. The first-order chi connectivity index (χ1) is 52.5. The van der Waals surface area contributed by atoms with E-state index in [1.165, 1.54) is 99.1 Å². The van der Waals surface area contributed by atoms with Crippen LogP contribution in [-0.2, 0) is 0 Å². The van der Waals surface area contributed by atoms with Crippen molar-refractivity contribution in [1.82, 2.24) is 39.0 Å². The maximum absolute atomic E-state index is 5.36. The fourth-order valence-electron chi connectivity index (χ4n) is 16.8. The third kappa shape index (κ3) is 9.41. The Morgan fingerprint density at radius 3 is 1.06 bits per heavy atom. The van der Waals surface area contributed by atoms with Crippen molar-refractivity contribution in [3.8, 4) is 158 Å². The molecule has 0 spiro atoms. The van der Waals surface area contributed by atoms with Gasteiger partial charge in [0.1, 0.15) is 0 Å². The van der Waals surface area contributed by atoms with Crippen LogP contribution in [0.15, 0.2) is 352 Å². The average Bonchev–Trinajstić information content (AvgIpc) is 1.55. The maximum Gasteiger partial charge on any atom is 0.164 e. The van der Waals surface area contributed by atoms with Crippen LogP contribution in [0.25, 0.3) is 222 Å². The monoisotopic (exact) mass is 1350 g/mol. The van der Waals surface area contributed by atoms with E-state index < -0.39 is 0 Å². The molecule has 106 heavy (non-hydrogen) atoms. The molecule has 20 aromatic rings. The predicted molar refractivity (Wildman–Crippen MR) is 435 cm³/mol. The Morgan fingerprint density at radius 1 is 0.189 bits per heavy atom. The van der Waals surface area contributed by atoms with Gasteiger partial charge in [-0.15, -0.1) is 0 Å². The molecule has 0 saturated carbocycles. The number of nitrogens with zero attached hydrogens (tertiary/aromatic N) is 8. The number of rotatable bonds is 9. The first-order valence-corrected chi connectivity index (χ1v) is 36.0. The molecule has 0 fully saturated rings. The fraction of sp³-hybridized carbons (Fsp3) is 0. The van der Waals surface area contributed by atoms with Gasteiger partial charge >= 0.3 is 0 Å². The van der Waals surface area contributed by atoms with Gasteiger partial charge in [0, 0.05) is 89.9 Å². The van der Waals surface area contributed by atoms with Crippen LogP contribution in [0.2, 0.25) is 0 Å². The van der Waals surface area contributed by atoms with E-state index in [0.717, 1.165) is 88.5 Å². The van der Waals surface area contributed by atoms with E-state index in [2.05, 4.69) is 343 Å². The topological polar surface area (TPSA) is 87.2 Å². The van der Waals surface area contributed by atoms with E-state index in [1.807, 2.05) is 18.2 Å². The van der Waals surface area contributed by atoms with Crippen LogP contribution in [0.1, 0.15) is 0 Å². The van der Waals surface area contributed by atoms with E-state index in [1.54, 1.807) is 0 Å². The Morgan fingerprint density at radius 2 is 0.538 bits per heavy atom. The SMILES string of the molecule is c1ccc(-c2nc(-c3ccc(-c4ccc(-c5nc(-c6ccc(-n7cc8c9c(c%10ccccc%10cc97)-c7ccccc7-c7ccccc7-8)cc6)nc(-c6ccc7ccccc7c6)n5)cc4)cc3)nc(-c3ccc(-n4cc5c6c(c7ccccc7cc64)-c4ccccc4-c4ccccc4-5)c4ccccc34)n2)cc1. The molecule has 0 radical (unpaired) electrons. The minimum Gasteiger partial charge on any atom is -0.316 e. The molecule has 4 aromatic heterocycles. The van der Waals surface area contributed by atoms with E-state index in [4.69, 9.17) is 29.9 Å². The molecule has 0 amide bonds. The Kier molecular flexibility index (Phi) is 13.2.